The van der Waals surface area contributed by atoms with E-state index in [1.807, 2.05) is 24.5 Å². The van der Waals surface area contributed by atoms with Crippen molar-refractivity contribution in [2.75, 3.05) is 31.1 Å². The minimum absolute atomic E-state index is 0.172. The van der Waals surface area contributed by atoms with Crippen LogP contribution in [0.3, 0.4) is 0 Å². The summed E-state index contributed by atoms with van der Waals surface area (Å²) < 4.78 is 13.6. The lowest BCUT2D eigenvalue weighted by molar-refractivity contribution is 0.198. The third kappa shape index (κ3) is 4.07. The summed E-state index contributed by atoms with van der Waals surface area (Å²) >= 11 is 0. The molecule has 6 nitrogen and oxygen atoms in total. The van der Waals surface area contributed by atoms with E-state index >= 15 is 0 Å². The van der Waals surface area contributed by atoms with Gasteiger partial charge in [-0.2, -0.15) is 5.10 Å². The zero-order valence-corrected chi connectivity index (χ0v) is 17.1. The zero-order valence-electron chi connectivity index (χ0n) is 17.1. The summed E-state index contributed by atoms with van der Waals surface area (Å²) in [6, 6.07) is 8.88. The smallest absolute Gasteiger partial charge is 0.225 e. The normalized spacial score (nSPS) is 20.0. The number of hydrogen-bond donors (Lipinski definition) is 1. The number of benzene rings is 1. The topological polar surface area (TPSA) is 60.9 Å². The number of rotatable bonds is 5. The number of halogens is 1. The predicted octanol–water partition coefficient (Wildman–Crippen LogP) is 3.99. The fourth-order valence-electron chi connectivity index (χ4n) is 4.71. The zero-order chi connectivity index (χ0) is 20.3. The van der Waals surface area contributed by atoms with Gasteiger partial charge in [-0.05, 0) is 56.0 Å². The highest BCUT2D eigenvalue weighted by Gasteiger charge is 2.26. The minimum Gasteiger partial charge on any atom is -0.341 e. The van der Waals surface area contributed by atoms with Crippen molar-refractivity contribution in [2.24, 2.45) is 0 Å². The molecule has 0 bridgehead atoms. The number of nitrogens with one attached hydrogen (secondary N) is 1. The molecule has 2 aromatic heterocycles. The van der Waals surface area contributed by atoms with Gasteiger partial charge in [0.15, 0.2) is 0 Å². The van der Waals surface area contributed by atoms with Gasteiger partial charge in [0.05, 0.1) is 11.9 Å². The fourth-order valence-corrected chi connectivity index (χ4v) is 4.71. The highest BCUT2D eigenvalue weighted by Crippen LogP contribution is 2.33. The molecule has 0 unspecified atom stereocenters. The van der Waals surface area contributed by atoms with Crippen LogP contribution in [0.1, 0.15) is 42.9 Å². The summed E-state index contributed by atoms with van der Waals surface area (Å²) in [7, 11) is 0. The van der Waals surface area contributed by atoms with Crippen molar-refractivity contribution < 1.29 is 4.39 Å². The van der Waals surface area contributed by atoms with Gasteiger partial charge >= 0.3 is 0 Å². The quantitative estimate of drug-likeness (QED) is 0.694. The first-order chi connectivity index (χ1) is 14.8. The van der Waals surface area contributed by atoms with Crippen LogP contribution in [0.4, 0.5) is 10.3 Å². The number of H-pyrrole nitrogens is 1. The van der Waals surface area contributed by atoms with Crippen molar-refractivity contribution in [1.29, 1.82) is 0 Å². The molecule has 0 amide bonds. The summed E-state index contributed by atoms with van der Waals surface area (Å²) in [5.74, 6) is 0.998. The Morgan fingerprint density at radius 1 is 1.10 bits per heavy atom. The van der Waals surface area contributed by atoms with Gasteiger partial charge in [0.1, 0.15) is 5.82 Å². The maximum Gasteiger partial charge on any atom is 0.225 e. The molecule has 156 valence electrons. The molecule has 0 spiro atoms. The van der Waals surface area contributed by atoms with Crippen LogP contribution in [0.2, 0.25) is 0 Å². The van der Waals surface area contributed by atoms with Crippen LogP contribution in [0.15, 0.2) is 42.7 Å². The molecule has 5 rings (SSSR count). The first kappa shape index (κ1) is 19.2. The predicted molar refractivity (Wildman–Crippen MR) is 115 cm³/mol. The summed E-state index contributed by atoms with van der Waals surface area (Å²) in [4.78, 5) is 14.0. The molecule has 1 N–H and O–H groups in total. The molecule has 1 aromatic carbocycles. The van der Waals surface area contributed by atoms with Crippen molar-refractivity contribution in [1.82, 2.24) is 25.1 Å². The second-order valence-electron chi connectivity index (χ2n) is 8.34. The Morgan fingerprint density at radius 3 is 2.87 bits per heavy atom. The Kier molecular flexibility index (Phi) is 5.45. The van der Waals surface area contributed by atoms with Crippen molar-refractivity contribution in [3.05, 3.63) is 59.8 Å². The molecule has 0 aliphatic carbocycles. The molecular formula is C23H27FN6. The van der Waals surface area contributed by atoms with Gasteiger partial charge in [-0.3, -0.25) is 10.00 Å². The van der Waals surface area contributed by atoms with Gasteiger partial charge in [0.25, 0.3) is 0 Å². The van der Waals surface area contributed by atoms with Crippen LogP contribution in [0, 0.1) is 5.82 Å². The molecule has 2 saturated heterocycles. The number of anilines is 1. The van der Waals surface area contributed by atoms with Crippen LogP contribution in [0.25, 0.3) is 11.3 Å². The summed E-state index contributed by atoms with van der Waals surface area (Å²) in [6.45, 7) is 4.78. The highest BCUT2D eigenvalue weighted by atomic mass is 19.1. The summed E-state index contributed by atoms with van der Waals surface area (Å²) in [6.07, 6.45) is 8.36. The van der Waals surface area contributed by atoms with Crippen LogP contribution in [-0.2, 0) is 6.54 Å². The summed E-state index contributed by atoms with van der Waals surface area (Å²) in [5.41, 5.74) is 4.16. The Labute approximate surface area is 176 Å². The first-order valence-electron chi connectivity index (χ1n) is 10.8. The molecule has 30 heavy (non-hydrogen) atoms. The maximum atomic E-state index is 13.6. The lowest BCUT2D eigenvalue weighted by atomic mass is 9.91. The highest BCUT2D eigenvalue weighted by molar-refractivity contribution is 5.63. The third-order valence-corrected chi connectivity index (χ3v) is 6.19. The van der Waals surface area contributed by atoms with Crippen molar-refractivity contribution in [3.8, 4) is 11.3 Å². The Bertz CT molecular complexity index is 997. The van der Waals surface area contributed by atoms with Crippen LogP contribution < -0.4 is 4.90 Å². The van der Waals surface area contributed by atoms with E-state index in [9.17, 15) is 4.39 Å². The lowest BCUT2D eigenvalue weighted by Gasteiger charge is -2.32. The number of nitrogens with zero attached hydrogens (tertiary/aromatic N) is 5. The Morgan fingerprint density at radius 2 is 2.00 bits per heavy atom. The standard InChI is InChI=1S/C23H27FN6/c24-19-7-3-5-17(13-19)15-29-10-4-6-18(16-29)22-20(14-26-28-22)21-8-9-25-23(27-21)30-11-1-2-12-30/h3,5,7-9,13-14,18H,1-2,4,6,10-12,15-16H2,(H,26,28)/t18-/m0/s1. The van der Waals surface area contributed by atoms with Crippen molar-refractivity contribution in [2.45, 2.75) is 38.1 Å². The molecule has 2 aliphatic heterocycles. The molecule has 2 fully saturated rings. The van der Waals surface area contributed by atoms with Gasteiger partial charge in [0, 0.05) is 49.6 Å². The van der Waals surface area contributed by atoms with Gasteiger partial charge in [-0.1, -0.05) is 12.1 Å². The van der Waals surface area contributed by atoms with Gasteiger partial charge in [-0.25, -0.2) is 14.4 Å². The maximum absolute atomic E-state index is 13.6. The molecule has 3 aromatic rings. The molecule has 2 aliphatic rings. The van der Waals surface area contributed by atoms with E-state index in [1.165, 1.54) is 18.9 Å². The number of aromatic nitrogens is 4. The SMILES string of the molecule is Fc1cccc(CN2CCC[C@H](c3[nH]ncc3-c3ccnc(N4CCCC4)n3)C2)c1. The van der Waals surface area contributed by atoms with Crippen molar-refractivity contribution in [3.63, 3.8) is 0 Å². The van der Waals surface area contributed by atoms with Crippen molar-refractivity contribution >= 4 is 5.95 Å². The third-order valence-electron chi connectivity index (χ3n) is 6.19. The lowest BCUT2D eigenvalue weighted by Crippen LogP contribution is -2.34. The molecule has 7 heteroatoms. The largest absolute Gasteiger partial charge is 0.341 e. The second-order valence-corrected chi connectivity index (χ2v) is 8.34. The van der Waals surface area contributed by atoms with E-state index in [-0.39, 0.29) is 5.82 Å². The van der Waals surface area contributed by atoms with E-state index in [4.69, 9.17) is 4.98 Å². The van der Waals surface area contributed by atoms with Gasteiger partial charge in [-0.15, -0.1) is 0 Å². The van der Waals surface area contributed by atoms with E-state index < -0.39 is 0 Å². The van der Waals surface area contributed by atoms with Crippen LogP contribution in [-0.4, -0.2) is 51.2 Å². The van der Waals surface area contributed by atoms with E-state index in [2.05, 4.69) is 25.0 Å². The summed E-state index contributed by atoms with van der Waals surface area (Å²) in [5, 5.41) is 7.60. The van der Waals surface area contributed by atoms with Gasteiger partial charge < -0.3 is 4.90 Å². The van der Waals surface area contributed by atoms with Crippen LogP contribution in [0.5, 0.6) is 0 Å². The number of hydrogen-bond acceptors (Lipinski definition) is 5. The van der Waals surface area contributed by atoms with Crippen LogP contribution >= 0.6 is 0 Å². The average Bonchev–Trinajstić information content (AvgIpc) is 3.47. The monoisotopic (exact) mass is 406 g/mol. The molecule has 0 saturated carbocycles. The van der Waals surface area contributed by atoms with E-state index in [0.29, 0.717) is 5.92 Å². The second kappa shape index (κ2) is 8.52. The minimum atomic E-state index is -0.172. The molecule has 0 radical (unpaired) electrons. The van der Waals surface area contributed by atoms with E-state index in [0.717, 1.165) is 74.0 Å². The molecule has 1 atom stereocenters. The molecule has 4 heterocycles. The number of aromatic amines is 1. The fraction of sp³-hybridized carbons (Fsp3) is 0.435. The number of piperidine rings is 1. The first-order valence-corrected chi connectivity index (χ1v) is 10.8. The Balaban J connectivity index is 1.34. The van der Waals surface area contributed by atoms with Gasteiger partial charge in [0.2, 0.25) is 5.95 Å². The van der Waals surface area contributed by atoms with E-state index in [1.54, 1.807) is 12.1 Å². The Hall–Kier alpha value is -2.80. The molecular weight excluding hydrogens is 379 g/mol. The number of likely N-dealkylation sites (tertiary alicyclic amines) is 1. The average molecular weight is 407 g/mol.